The van der Waals surface area contributed by atoms with E-state index < -0.39 is 0 Å². The summed E-state index contributed by atoms with van der Waals surface area (Å²) in [5, 5.41) is 2.33. The van der Waals surface area contributed by atoms with Gasteiger partial charge in [0.1, 0.15) is 0 Å². The van der Waals surface area contributed by atoms with Crippen molar-refractivity contribution in [2.24, 2.45) is 0 Å². The summed E-state index contributed by atoms with van der Waals surface area (Å²) >= 11 is 1.90. The maximum Gasteiger partial charge on any atom is 0.0124 e. The molecule has 1 aromatic carbocycles. The van der Waals surface area contributed by atoms with Crippen molar-refractivity contribution in [2.45, 2.75) is 33.1 Å². The molecular formula is C15H18S. The van der Waals surface area contributed by atoms with Gasteiger partial charge in [-0.05, 0) is 34.4 Å². The second-order valence-electron chi connectivity index (χ2n) is 4.36. The molecule has 84 valence electrons. The first-order chi connectivity index (χ1) is 7.74. The lowest BCUT2D eigenvalue weighted by atomic mass is 9.94. The largest absolute Gasteiger partial charge is 0.148 e. The highest BCUT2D eigenvalue weighted by Crippen LogP contribution is 2.37. The van der Waals surface area contributed by atoms with Gasteiger partial charge in [0.2, 0.25) is 0 Å². The summed E-state index contributed by atoms with van der Waals surface area (Å²) in [6, 6.07) is 10.8. The molecule has 0 N–H and O–H groups in total. The van der Waals surface area contributed by atoms with E-state index in [-0.39, 0.29) is 0 Å². The van der Waals surface area contributed by atoms with Crippen molar-refractivity contribution in [2.75, 3.05) is 0 Å². The van der Waals surface area contributed by atoms with Gasteiger partial charge >= 0.3 is 0 Å². The van der Waals surface area contributed by atoms with Gasteiger partial charge in [-0.1, -0.05) is 51.1 Å². The summed E-state index contributed by atoms with van der Waals surface area (Å²) in [5.74, 6) is 0.603. The molecule has 0 amide bonds. The highest BCUT2D eigenvalue weighted by Gasteiger charge is 2.14. The number of benzene rings is 1. The molecule has 0 nitrogen and oxygen atoms in total. The average molecular weight is 230 g/mol. The molecule has 0 unspecified atom stereocenters. The summed E-state index contributed by atoms with van der Waals surface area (Å²) in [7, 11) is 0. The van der Waals surface area contributed by atoms with Crippen molar-refractivity contribution in [1.82, 2.24) is 0 Å². The van der Waals surface area contributed by atoms with Crippen LogP contribution in [0.2, 0.25) is 0 Å². The van der Waals surface area contributed by atoms with Crippen LogP contribution in [0.25, 0.3) is 11.1 Å². The van der Waals surface area contributed by atoms with Gasteiger partial charge in [-0.15, -0.1) is 11.3 Å². The Morgan fingerprint density at radius 2 is 1.81 bits per heavy atom. The molecule has 16 heavy (non-hydrogen) atoms. The molecule has 0 spiro atoms. The monoisotopic (exact) mass is 230 g/mol. The van der Waals surface area contributed by atoms with Crippen LogP contribution < -0.4 is 0 Å². The van der Waals surface area contributed by atoms with Gasteiger partial charge in [0.05, 0.1) is 0 Å². The number of hydrogen-bond donors (Lipinski definition) is 0. The Kier molecular flexibility index (Phi) is 3.45. The summed E-state index contributed by atoms with van der Waals surface area (Å²) in [6.45, 7) is 6.78. The van der Waals surface area contributed by atoms with Crippen molar-refractivity contribution in [3.63, 3.8) is 0 Å². The Balaban J connectivity index is 2.57. The Morgan fingerprint density at radius 1 is 1.12 bits per heavy atom. The van der Waals surface area contributed by atoms with Crippen LogP contribution in [0, 0.1) is 0 Å². The van der Waals surface area contributed by atoms with E-state index in [2.05, 4.69) is 56.5 Å². The Hall–Kier alpha value is -1.08. The standard InChI is InChI=1S/C15H18S/c1-4-14-15(12-8-6-5-7-9-12)13(10-16-14)11(2)3/h5-11H,4H2,1-3H3. The van der Waals surface area contributed by atoms with E-state index in [1.165, 1.54) is 21.6 Å². The maximum atomic E-state index is 2.33. The molecule has 0 bridgehead atoms. The maximum absolute atomic E-state index is 2.33. The first-order valence-electron chi connectivity index (χ1n) is 5.89. The van der Waals surface area contributed by atoms with Gasteiger partial charge in [-0.3, -0.25) is 0 Å². The van der Waals surface area contributed by atoms with Crippen LogP contribution in [0.1, 0.15) is 37.1 Å². The second kappa shape index (κ2) is 4.84. The van der Waals surface area contributed by atoms with Gasteiger partial charge < -0.3 is 0 Å². The van der Waals surface area contributed by atoms with Crippen molar-refractivity contribution in [3.8, 4) is 11.1 Å². The quantitative estimate of drug-likeness (QED) is 0.688. The van der Waals surface area contributed by atoms with Crippen LogP contribution in [0.15, 0.2) is 35.7 Å². The lowest BCUT2D eigenvalue weighted by molar-refractivity contribution is 0.873. The molecule has 0 aliphatic carbocycles. The van der Waals surface area contributed by atoms with Crippen molar-refractivity contribution in [1.29, 1.82) is 0 Å². The molecular weight excluding hydrogens is 212 g/mol. The van der Waals surface area contributed by atoms with Crippen molar-refractivity contribution >= 4 is 11.3 Å². The number of thiophene rings is 1. The zero-order chi connectivity index (χ0) is 11.5. The third kappa shape index (κ3) is 2.05. The van der Waals surface area contributed by atoms with E-state index >= 15 is 0 Å². The first kappa shape index (κ1) is 11.4. The van der Waals surface area contributed by atoms with Crippen LogP contribution >= 0.6 is 11.3 Å². The predicted octanol–water partition coefficient (Wildman–Crippen LogP) is 5.10. The van der Waals surface area contributed by atoms with Crippen LogP contribution in [0.5, 0.6) is 0 Å². The van der Waals surface area contributed by atoms with Crippen LogP contribution in [-0.2, 0) is 6.42 Å². The van der Waals surface area contributed by atoms with Crippen molar-refractivity contribution < 1.29 is 0 Å². The molecule has 1 heteroatoms. The minimum atomic E-state index is 0.603. The minimum Gasteiger partial charge on any atom is -0.148 e. The molecule has 0 saturated carbocycles. The molecule has 0 aliphatic rings. The van der Waals surface area contributed by atoms with E-state index in [0.717, 1.165) is 6.42 Å². The molecule has 0 aliphatic heterocycles. The van der Waals surface area contributed by atoms with Crippen molar-refractivity contribution in [3.05, 3.63) is 46.2 Å². The lowest BCUT2D eigenvalue weighted by Gasteiger charge is -2.09. The minimum absolute atomic E-state index is 0.603. The molecule has 0 saturated heterocycles. The Morgan fingerprint density at radius 3 is 2.38 bits per heavy atom. The van der Waals surface area contributed by atoms with Gasteiger partial charge in [0, 0.05) is 4.88 Å². The first-order valence-corrected chi connectivity index (χ1v) is 6.77. The van der Waals surface area contributed by atoms with E-state index in [1.807, 2.05) is 11.3 Å². The molecule has 0 fully saturated rings. The summed E-state index contributed by atoms with van der Waals surface area (Å²) < 4.78 is 0. The molecule has 2 aromatic rings. The molecule has 2 rings (SSSR count). The fourth-order valence-corrected chi connectivity index (χ4v) is 3.21. The fourth-order valence-electron chi connectivity index (χ4n) is 2.03. The predicted molar refractivity (Wildman–Crippen MR) is 73.2 cm³/mol. The summed E-state index contributed by atoms with van der Waals surface area (Å²) in [6.07, 6.45) is 1.13. The highest BCUT2D eigenvalue weighted by molar-refractivity contribution is 7.10. The third-order valence-corrected chi connectivity index (χ3v) is 4.05. The van der Waals surface area contributed by atoms with E-state index in [4.69, 9.17) is 0 Å². The Bertz CT molecular complexity index is 452. The number of aryl methyl sites for hydroxylation is 1. The van der Waals surface area contributed by atoms with E-state index in [1.54, 1.807) is 0 Å². The van der Waals surface area contributed by atoms with Crippen LogP contribution in [0.4, 0.5) is 0 Å². The summed E-state index contributed by atoms with van der Waals surface area (Å²) in [4.78, 5) is 1.51. The molecule has 1 heterocycles. The molecule has 0 atom stereocenters. The Labute approximate surface area is 102 Å². The zero-order valence-electron chi connectivity index (χ0n) is 10.2. The lowest BCUT2D eigenvalue weighted by Crippen LogP contribution is -1.90. The highest BCUT2D eigenvalue weighted by atomic mass is 32.1. The molecule has 1 aromatic heterocycles. The average Bonchev–Trinajstić information content (AvgIpc) is 2.73. The summed E-state index contributed by atoms with van der Waals surface area (Å²) in [5.41, 5.74) is 4.33. The second-order valence-corrected chi connectivity index (χ2v) is 5.33. The SMILES string of the molecule is CCc1scc(C(C)C)c1-c1ccccc1. The van der Waals surface area contributed by atoms with Crippen LogP contribution in [0.3, 0.4) is 0 Å². The van der Waals surface area contributed by atoms with Gasteiger partial charge in [0.25, 0.3) is 0 Å². The van der Waals surface area contributed by atoms with E-state index in [0.29, 0.717) is 5.92 Å². The fraction of sp³-hybridized carbons (Fsp3) is 0.333. The number of hydrogen-bond acceptors (Lipinski definition) is 1. The zero-order valence-corrected chi connectivity index (χ0v) is 11.0. The van der Waals surface area contributed by atoms with Gasteiger partial charge in [-0.2, -0.15) is 0 Å². The number of rotatable bonds is 3. The van der Waals surface area contributed by atoms with Gasteiger partial charge in [-0.25, -0.2) is 0 Å². The normalized spacial score (nSPS) is 11.0. The van der Waals surface area contributed by atoms with E-state index in [9.17, 15) is 0 Å². The molecule has 0 radical (unpaired) electrons. The van der Waals surface area contributed by atoms with Crippen LogP contribution in [-0.4, -0.2) is 0 Å². The smallest absolute Gasteiger partial charge is 0.0124 e. The van der Waals surface area contributed by atoms with Gasteiger partial charge in [0.15, 0.2) is 0 Å². The third-order valence-electron chi connectivity index (χ3n) is 2.90. The topological polar surface area (TPSA) is 0 Å².